The predicted octanol–water partition coefficient (Wildman–Crippen LogP) is -0.700. The van der Waals surface area contributed by atoms with E-state index in [0.717, 1.165) is 27.9 Å². The fourth-order valence-electron chi connectivity index (χ4n) is 2.35. The van der Waals surface area contributed by atoms with Crippen LogP contribution in [-0.4, -0.2) is 75.6 Å². The number of methoxy groups -OCH3 is 2. The molecule has 11 heteroatoms. The first-order valence-corrected chi connectivity index (χ1v) is 7.56. The lowest BCUT2D eigenvalue weighted by Crippen LogP contribution is -2.63. The smallest absolute Gasteiger partial charge is 0.339 e. The fourth-order valence-corrected chi connectivity index (χ4v) is 2.35. The van der Waals surface area contributed by atoms with E-state index in [4.69, 9.17) is 28.4 Å². The standard InChI is InChI=1S/C15H22O11/c1-7(16)23-10-11(24-8(2)17)13(25-9(3)18)15(22-6-20-4)26-12(10)14(19)21-5/h10-13,15H,6H2,1-5H3. The summed E-state index contributed by atoms with van der Waals surface area (Å²) in [5, 5.41) is 0. The Hall–Kier alpha value is -2.24. The van der Waals surface area contributed by atoms with E-state index < -0.39 is 54.6 Å². The second-order valence-corrected chi connectivity index (χ2v) is 5.24. The highest BCUT2D eigenvalue weighted by Gasteiger charge is 2.55. The van der Waals surface area contributed by atoms with Gasteiger partial charge in [-0.05, 0) is 0 Å². The van der Waals surface area contributed by atoms with Crippen molar-refractivity contribution in [2.75, 3.05) is 21.0 Å². The molecule has 1 rings (SSSR count). The molecule has 0 aromatic rings. The van der Waals surface area contributed by atoms with E-state index in [0.29, 0.717) is 0 Å². The van der Waals surface area contributed by atoms with Gasteiger partial charge in [0.25, 0.3) is 0 Å². The number of hydrogen-bond acceptors (Lipinski definition) is 11. The molecule has 0 saturated carbocycles. The van der Waals surface area contributed by atoms with Crippen LogP contribution in [-0.2, 0) is 52.3 Å². The summed E-state index contributed by atoms with van der Waals surface area (Å²) in [6.07, 6.45) is -6.95. The first-order valence-electron chi connectivity index (χ1n) is 7.56. The fraction of sp³-hybridized carbons (Fsp3) is 0.733. The topological polar surface area (TPSA) is 133 Å². The van der Waals surface area contributed by atoms with E-state index in [1.807, 2.05) is 0 Å². The van der Waals surface area contributed by atoms with E-state index in [9.17, 15) is 19.2 Å². The maximum Gasteiger partial charge on any atom is 0.339 e. The third kappa shape index (κ3) is 5.93. The van der Waals surface area contributed by atoms with Crippen LogP contribution in [0.15, 0.2) is 0 Å². The van der Waals surface area contributed by atoms with E-state index in [1.165, 1.54) is 7.11 Å². The van der Waals surface area contributed by atoms with Crippen molar-refractivity contribution in [2.45, 2.75) is 51.5 Å². The van der Waals surface area contributed by atoms with Crippen molar-refractivity contribution in [3.8, 4) is 0 Å². The first-order chi connectivity index (χ1) is 12.2. The van der Waals surface area contributed by atoms with Crippen molar-refractivity contribution in [2.24, 2.45) is 0 Å². The second kappa shape index (κ2) is 10.0. The predicted molar refractivity (Wildman–Crippen MR) is 80.3 cm³/mol. The maximum atomic E-state index is 12.1. The summed E-state index contributed by atoms with van der Waals surface area (Å²) in [6.45, 7) is 3.03. The van der Waals surface area contributed by atoms with Gasteiger partial charge in [0.2, 0.25) is 6.29 Å². The van der Waals surface area contributed by atoms with E-state index in [1.54, 1.807) is 0 Å². The summed E-state index contributed by atoms with van der Waals surface area (Å²) in [5.74, 6) is -3.18. The molecule has 5 atom stereocenters. The molecule has 0 N–H and O–H groups in total. The van der Waals surface area contributed by atoms with Crippen LogP contribution in [0.2, 0.25) is 0 Å². The highest BCUT2D eigenvalue weighted by molar-refractivity contribution is 5.77. The molecule has 0 spiro atoms. The molecule has 1 heterocycles. The van der Waals surface area contributed by atoms with Crippen molar-refractivity contribution >= 4 is 23.9 Å². The lowest BCUT2D eigenvalue weighted by atomic mass is 9.97. The minimum atomic E-state index is -1.48. The van der Waals surface area contributed by atoms with Crippen LogP contribution in [0.1, 0.15) is 20.8 Å². The van der Waals surface area contributed by atoms with Crippen molar-refractivity contribution in [3.63, 3.8) is 0 Å². The van der Waals surface area contributed by atoms with Crippen LogP contribution in [0.25, 0.3) is 0 Å². The van der Waals surface area contributed by atoms with Crippen molar-refractivity contribution in [1.82, 2.24) is 0 Å². The number of esters is 4. The van der Waals surface area contributed by atoms with Gasteiger partial charge in [-0.1, -0.05) is 0 Å². The van der Waals surface area contributed by atoms with Crippen molar-refractivity contribution in [3.05, 3.63) is 0 Å². The minimum absolute atomic E-state index is 0.276. The molecular formula is C15H22O11. The van der Waals surface area contributed by atoms with Gasteiger partial charge in [0.1, 0.15) is 6.79 Å². The first kappa shape index (κ1) is 21.8. The van der Waals surface area contributed by atoms with E-state index in [-0.39, 0.29) is 6.79 Å². The molecule has 0 aromatic carbocycles. The number of carbonyl (C=O) groups excluding carboxylic acids is 4. The molecule has 11 nitrogen and oxygen atoms in total. The zero-order chi connectivity index (χ0) is 19.9. The van der Waals surface area contributed by atoms with Crippen LogP contribution >= 0.6 is 0 Å². The third-order valence-corrected chi connectivity index (χ3v) is 3.18. The second-order valence-electron chi connectivity index (χ2n) is 5.24. The lowest BCUT2D eigenvalue weighted by Gasteiger charge is -2.43. The average Bonchev–Trinajstić information content (AvgIpc) is 2.55. The van der Waals surface area contributed by atoms with Gasteiger partial charge >= 0.3 is 23.9 Å². The molecule has 5 unspecified atom stereocenters. The normalized spacial score (nSPS) is 28.0. The Morgan fingerprint density at radius 3 is 1.77 bits per heavy atom. The monoisotopic (exact) mass is 378 g/mol. The zero-order valence-electron chi connectivity index (χ0n) is 15.1. The summed E-state index contributed by atoms with van der Waals surface area (Å²) in [7, 11) is 2.44. The Balaban J connectivity index is 3.30. The molecular weight excluding hydrogens is 356 g/mol. The van der Waals surface area contributed by atoms with Crippen LogP contribution in [0.3, 0.4) is 0 Å². The van der Waals surface area contributed by atoms with Crippen LogP contribution in [0, 0.1) is 0 Å². The Morgan fingerprint density at radius 2 is 1.31 bits per heavy atom. The van der Waals surface area contributed by atoms with Crippen LogP contribution < -0.4 is 0 Å². The number of hydrogen-bond donors (Lipinski definition) is 0. The third-order valence-electron chi connectivity index (χ3n) is 3.18. The van der Waals surface area contributed by atoms with Gasteiger partial charge in [-0.25, -0.2) is 4.79 Å². The molecule has 148 valence electrons. The molecule has 1 aliphatic rings. The van der Waals surface area contributed by atoms with Gasteiger partial charge < -0.3 is 33.2 Å². The summed E-state index contributed by atoms with van der Waals surface area (Å²) >= 11 is 0. The van der Waals surface area contributed by atoms with Crippen LogP contribution in [0.4, 0.5) is 0 Å². The lowest BCUT2D eigenvalue weighted by molar-refractivity contribution is -0.313. The van der Waals surface area contributed by atoms with Crippen molar-refractivity contribution in [1.29, 1.82) is 0 Å². The largest absolute Gasteiger partial charge is 0.467 e. The molecule has 1 fully saturated rings. The number of rotatable bonds is 7. The zero-order valence-corrected chi connectivity index (χ0v) is 15.1. The molecule has 0 bridgehead atoms. The molecule has 26 heavy (non-hydrogen) atoms. The quantitative estimate of drug-likeness (QED) is 0.316. The van der Waals surface area contributed by atoms with Gasteiger partial charge in [-0.15, -0.1) is 0 Å². The van der Waals surface area contributed by atoms with Gasteiger partial charge in [0.15, 0.2) is 24.4 Å². The molecule has 0 aliphatic carbocycles. The summed E-state index contributed by atoms with van der Waals surface area (Å²) in [5.41, 5.74) is 0. The van der Waals surface area contributed by atoms with Gasteiger partial charge in [0.05, 0.1) is 7.11 Å². The van der Waals surface area contributed by atoms with Gasteiger partial charge in [-0.3, -0.25) is 14.4 Å². The Bertz CT molecular complexity index is 532. The molecule has 1 aliphatic heterocycles. The summed E-state index contributed by atoms with van der Waals surface area (Å²) in [4.78, 5) is 46.5. The average molecular weight is 378 g/mol. The van der Waals surface area contributed by atoms with Crippen LogP contribution in [0.5, 0.6) is 0 Å². The highest BCUT2D eigenvalue weighted by atomic mass is 16.8. The molecule has 0 aromatic heterocycles. The molecule has 0 radical (unpaired) electrons. The summed E-state index contributed by atoms with van der Waals surface area (Å²) < 4.78 is 35.5. The van der Waals surface area contributed by atoms with Crippen molar-refractivity contribution < 1.29 is 52.3 Å². The maximum absolute atomic E-state index is 12.1. The highest BCUT2D eigenvalue weighted by Crippen LogP contribution is 2.30. The SMILES string of the molecule is COCOC1OC(C(=O)OC)C(OC(C)=O)C(OC(C)=O)C1OC(C)=O. The Kier molecular flexibility index (Phi) is 8.42. The van der Waals surface area contributed by atoms with E-state index in [2.05, 4.69) is 4.74 Å². The minimum Gasteiger partial charge on any atom is -0.467 e. The number of ether oxygens (including phenoxy) is 7. The van der Waals surface area contributed by atoms with Gasteiger partial charge in [0, 0.05) is 27.9 Å². The van der Waals surface area contributed by atoms with E-state index >= 15 is 0 Å². The van der Waals surface area contributed by atoms with Gasteiger partial charge in [-0.2, -0.15) is 0 Å². The number of carbonyl (C=O) groups is 4. The summed E-state index contributed by atoms with van der Waals surface area (Å²) in [6, 6.07) is 0. The molecule has 0 amide bonds. The Morgan fingerprint density at radius 1 is 0.808 bits per heavy atom. The Labute approximate surface area is 149 Å². The molecule has 1 saturated heterocycles.